The van der Waals surface area contributed by atoms with Crippen LogP contribution in [0.1, 0.15) is 11.3 Å². The summed E-state index contributed by atoms with van der Waals surface area (Å²) in [4.78, 5) is 0. The van der Waals surface area contributed by atoms with E-state index in [1.807, 2.05) is 66.7 Å². The van der Waals surface area contributed by atoms with E-state index in [1.165, 1.54) is 0 Å². The van der Waals surface area contributed by atoms with Gasteiger partial charge in [-0.1, -0.05) is 30.3 Å². The second-order valence-electron chi connectivity index (χ2n) is 4.97. The van der Waals surface area contributed by atoms with Crippen LogP contribution in [-0.4, -0.2) is 7.11 Å². The summed E-state index contributed by atoms with van der Waals surface area (Å²) < 4.78 is 11.0. The summed E-state index contributed by atoms with van der Waals surface area (Å²) in [5.41, 5.74) is 2.40. The van der Waals surface area contributed by atoms with Crippen LogP contribution in [0.4, 0.5) is 0 Å². The molecule has 1 aromatic heterocycles. The molecule has 0 fully saturated rings. The van der Waals surface area contributed by atoms with Crippen LogP contribution in [0.25, 0.3) is 23.0 Å². The molecule has 1 heterocycles. The second kappa shape index (κ2) is 6.67. The molecule has 3 aromatic rings. The molecule has 0 saturated heterocycles. The molecule has 0 spiro atoms. The number of ether oxygens (including phenoxy) is 1. The maximum absolute atomic E-state index is 9.35. The Labute approximate surface area is 135 Å². The molecule has 3 heteroatoms. The molecule has 23 heavy (non-hydrogen) atoms. The maximum Gasteiger partial charge on any atom is 0.134 e. The standard InChI is InChI=1S/C20H15NO2/c1-22-18-9-7-16(8-10-18)20-12-11-19(23-20)13-17(14-21)15-5-3-2-4-6-15/h2-13H,1H3/b17-13-. The lowest BCUT2D eigenvalue weighted by molar-refractivity contribution is 0.415. The van der Waals surface area contributed by atoms with Gasteiger partial charge >= 0.3 is 0 Å². The minimum absolute atomic E-state index is 0.571. The highest BCUT2D eigenvalue weighted by atomic mass is 16.5. The van der Waals surface area contributed by atoms with Gasteiger partial charge in [0.2, 0.25) is 0 Å². The number of methoxy groups -OCH3 is 1. The number of hydrogen-bond donors (Lipinski definition) is 0. The van der Waals surface area contributed by atoms with Gasteiger partial charge in [0, 0.05) is 5.56 Å². The zero-order valence-electron chi connectivity index (χ0n) is 12.7. The number of nitrogens with zero attached hydrogens (tertiary/aromatic N) is 1. The SMILES string of the molecule is COc1ccc(-c2ccc(/C=C(/C#N)c3ccccc3)o2)cc1. The van der Waals surface area contributed by atoms with Crippen LogP contribution in [0.2, 0.25) is 0 Å². The largest absolute Gasteiger partial charge is 0.497 e. The first kappa shape index (κ1) is 14.7. The van der Waals surface area contributed by atoms with E-state index in [1.54, 1.807) is 13.2 Å². The topological polar surface area (TPSA) is 46.2 Å². The van der Waals surface area contributed by atoms with E-state index in [0.29, 0.717) is 11.3 Å². The number of furan rings is 1. The van der Waals surface area contributed by atoms with Crippen molar-refractivity contribution in [2.24, 2.45) is 0 Å². The highest BCUT2D eigenvalue weighted by Gasteiger charge is 2.06. The summed E-state index contributed by atoms with van der Waals surface area (Å²) in [5.74, 6) is 2.21. The van der Waals surface area contributed by atoms with E-state index >= 15 is 0 Å². The first-order chi connectivity index (χ1) is 11.3. The molecule has 0 saturated carbocycles. The van der Waals surface area contributed by atoms with E-state index < -0.39 is 0 Å². The van der Waals surface area contributed by atoms with E-state index in [-0.39, 0.29) is 0 Å². The average Bonchev–Trinajstić information content (AvgIpc) is 3.09. The molecule has 0 radical (unpaired) electrons. The fraction of sp³-hybridized carbons (Fsp3) is 0.0500. The van der Waals surface area contributed by atoms with Crippen molar-refractivity contribution in [2.75, 3.05) is 7.11 Å². The summed E-state index contributed by atoms with van der Waals surface area (Å²) in [5, 5.41) is 9.35. The Bertz CT molecular complexity index is 853. The van der Waals surface area contributed by atoms with Gasteiger partial charge in [0.05, 0.1) is 18.8 Å². The molecule has 3 rings (SSSR count). The van der Waals surface area contributed by atoms with E-state index in [2.05, 4.69) is 6.07 Å². The maximum atomic E-state index is 9.35. The Balaban J connectivity index is 1.89. The van der Waals surface area contributed by atoms with Crippen LogP contribution in [0.5, 0.6) is 5.75 Å². The fourth-order valence-electron chi connectivity index (χ4n) is 2.28. The zero-order chi connectivity index (χ0) is 16.1. The minimum atomic E-state index is 0.571. The lowest BCUT2D eigenvalue weighted by Crippen LogP contribution is -1.81. The summed E-state index contributed by atoms with van der Waals surface area (Å²) in [6.45, 7) is 0. The van der Waals surface area contributed by atoms with Gasteiger partial charge in [-0.3, -0.25) is 0 Å². The molecule has 0 atom stereocenters. The predicted molar refractivity (Wildman–Crippen MR) is 90.6 cm³/mol. The third-order valence-electron chi connectivity index (χ3n) is 3.49. The Morgan fingerprint density at radius 2 is 1.74 bits per heavy atom. The van der Waals surface area contributed by atoms with E-state index in [4.69, 9.17) is 9.15 Å². The van der Waals surface area contributed by atoms with Gasteiger partial charge < -0.3 is 9.15 Å². The summed E-state index contributed by atoms with van der Waals surface area (Å²) in [7, 11) is 1.64. The van der Waals surface area contributed by atoms with Crippen molar-refractivity contribution in [2.45, 2.75) is 0 Å². The molecule has 0 aliphatic heterocycles. The highest BCUT2D eigenvalue weighted by Crippen LogP contribution is 2.26. The van der Waals surface area contributed by atoms with Crippen molar-refractivity contribution in [1.82, 2.24) is 0 Å². The molecule has 3 nitrogen and oxygen atoms in total. The summed E-state index contributed by atoms with van der Waals surface area (Å²) >= 11 is 0. The smallest absolute Gasteiger partial charge is 0.134 e. The quantitative estimate of drug-likeness (QED) is 0.636. The zero-order valence-corrected chi connectivity index (χ0v) is 12.7. The molecule has 0 bridgehead atoms. The van der Waals surface area contributed by atoms with Gasteiger partial charge in [0.1, 0.15) is 17.3 Å². The van der Waals surface area contributed by atoms with Crippen molar-refractivity contribution in [3.05, 3.63) is 78.1 Å². The first-order valence-electron chi connectivity index (χ1n) is 7.21. The Kier molecular flexibility index (Phi) is 4.26. The van der Waals surface area contributed by atoms with Crippen molar-refractivity contribution in [3.8, 4) is 23.1 Å². The lowest BCUT2D eigenvalue weighted by atomic mass is 10.1. The van der Waals surface area contributed by atoms with Crippen LogP contribution in [-0.2, 0) is 0 Å². The first-order valence-corrected chi connectivity index (χ1v) is 7.21. The summed E-state index contributed by atoms with van der Waals surface area (Å²) in [6, 6.07) is 23.2. The van der Waals surface area contributed by atoms with Gasteiger partial charge in [-0.25, -0.2) is 0 Å². The van der Waals surface area contributed by atoms with Gasteiger partial charge in [-0.05, 0) is 48.0 Å². The van der Waals surface area contributed by atoms with E-state index in [9.17, 15) is 5.26 Å². The van der Waals surface area contributed by atoms with Crippen molar-refractivity contribution < 1.29 is 9.15 Å². The number of allylic oxidation sites excluding steroid dienone is 1. The number of rotatable bonds is 4. The Morgan fingerprint density at radius 1 is 1.00 bits per heavy atom. The minimum Gasteiger partial charge on any atom is -0.497 e. The molecular formula is C20H15NO2. The molecule has 2 aromatic carbocycles. The van der Waals surface area contributed by atoms with Crippen LogP contribution >= 0.6 is 0 Å². The van der Waals surface area contributed by atoms with Crippen LogP contribution < -0.4 is 4.74 Å². The van der Waals surface area contributed by atoms with Crippen molar-refractivity contribution >= 4 is 11.6 Å². The Hall–Kier alpha value is -3.25. The van der Waals surface area contributed by atoms with Crippen LogP contribution in [0.3, 0.4) is 0 Å². The normalized spacial score (nSPS) is 11.0. The molecule has 0 N–H and O–H groups in total. The predicted octanol–water partition coefficient (Wildman–Crippen LogP) is 5.02. The van der Waals surface area contributed by atoms with Crippen LogP contribution in [0.15, 0.2) is 71.1 Å². The molecule has 112 valence electrons. The van der Waals surface area contributed by atoms with Gasteiger partial charge in [-0.15, -0.1) is 0 Å². The molecule has 0 aliphatic carbocycles. The van der Waals surface area contributed by atoms with E-state index in [0.717, 1.165) is 22.6 Å². The Morgan fingerprint density at radius 3 is 2.39 bits per heavy atom. The third kappa shape index (κ3) is 3.33. The number of hydrogen-bond acceptors (Lipinski definition) is 3. The molecule has 0 unspecified atom stereocenters. The number of benzene rings is 2. The molecule has 0 amide bonds. The lowest BCUT2D eigenvalue weighted by Gasteiger charge is -2.00. The monoisotopic (exact) mass is 301 g/mol. The number of nitriles is 1. The van der Waals surface area contributed by atoms with Crippen LogP contribution in [0, 0.1) is 11.3 Å². The van der Waals surface area contributed by atoms with Crippen molar-refractivity contribution in [3.63, 3.8) is 0 Å². The van der Waals surface area contributed by atoms with Gasteiger partial charge in [0.25, 0.3) is 0 Å². The van der Waals surface area contributed by atoms with Crippen molar-refractivity contribution in [1.29, 1.82) is 5.26 Å². The molecule has 0 aliphatic rings. The summed E-state index contributed by atoms with van der Waals surface area (Å²) in [6.07, 6.45) is 1.75. The molecular weight excluding hydrogens is 286 g/mol. The van der Waals surface area contributed by atoms with Gasteiger partial charge in [-0.2, -0.15) is 5.26 Å². The third-order valence-corrected chi connectivity index (χ3v) is 3.49. The second-order valence-corrected chi connectivity index (χ2v) is 4.97. The van der Waals surface area contributed by atoms with Gasteiger partial charge in [0.15, 0.2) is 0 Å². The fourth-order valence-corrected chi connectivity index (χ4v) is 2.28. The highest BCUT2D eigenvalue weighted by molar-refractivity contribution is 5.88. The average molecular weight is 301 g/mol.